The van der Waals surface area contributed by atoms with Gasteiger partial charge in [-0.15, -0.1) is 0 Å². The second-order valence-corrected chi connectivity index (χ2v) is 7.74. The molecule has 5 nitrogen and oxygen atoms in total. The number of halogens is 3. The van der Waals surface area contributed by atoms with Gasteiger partial charge in [0.15, 0.2) is 6.10 Å². The van der Waals surface area contributed by atoms with Crippen molar-refractivity contribution in [1.29, 1.82) is 0 Å². The van der Waals surface area contributed by atoms with E-state index < -0.39 is 6.10 Å². The number of hydrogen-bond acceptors (Lipinski definition) is 3. The lowest BCUT2D eigenvalue weighted by Gasteiger charge is -2.36. The summed E-state index contributed by atoms with van der Waals surface area (Å²) in [5.41, 5.74) is 0.369. The first-order chi connectivity index (χ1) is 13.3. The highest BCUT2D eigenvalue weighted by atomic mass is 35.5. The van der Waals surface area contributed by atoms with E-state index in [1.54, 1.807) is 59.2 Å². The zero-order valence-corrected chi connectivity index (χ0v) is 17.5. The van der Waals surface area contributed by atoms with Gasteiger partial charge in [-0.2, -0.15) is 0 Å². The zero-order chi connectivity index (χ0) is 20.3. The average molecular weight is 442 g/mol. The van der Waals surface area contributed by atoms with Crippen molar-refractivity contribution in [2.75, 3.05) is 26.2 Å². The molecule has 0 radical (unpaired) electrons. The topological polar surface area (TPSA) is 49.9 Å². The molecule has 8 heteroatoms. The van der Waals surface area contributed by atoms with E-state index in [1.807, 2.05) is 0 Å². The summed E-state index contributed by atoms with van der Waals surface area (Å²) in [6, 6.07) is 11.7. The highest BCUT2D eigenvalue weighted by Gasteiger charge is 2.29. The summed E-state index contributed by atoms with van der Waals surface area (Å²) in [6.07, 6.45) is -0.634. The molecule has 0 bridgehead atoms. The van der Waals surface area contributed by atoms with Crippen LogP contribution in [0.15, 0.2) is 42.5 Å². The third-order valence-electron chi connectivity index (χ3n) is 4.51. The quantitative estimate of drug-likeness (QED) is 0.707. The fourth-order valence-electron chi connectivity index (χ4n) is 2.99. The second kappa shape index (κ2) is 9.03. The van der Waals surface area contributed by atoms with Gasteiger partial charge in [-0.3, -0.25) is 9.59 Å². The highest BCUT2D eigenvalue weighted by Crippen LogP contribution is 2.23. The van der Waals surface area contributed by atoms with Crippen LogP contribution in [-0.4, -0.2) is 53.9 Å². The first-order valence-corrected chi connectivity index (χ1v) is 9.94. The molecule has 1 unspecified atom stereocenters. The van der Waals surface area contributed by atoms with Gasteiger partial charge in [0.25, 0.3) is 11.8 Å². The molecule has 2 amide bonds. The molecule has 1 atom stereocenters. The molecule has 0 aliphatic carbocycles. The standard InChI is InChI=1S/C20H19Cl3N2O3/c1-13(28-16-5-2-14(21)3-6-16)19(26)24-8-10-25(11-9-24)20(27)17-12-15(22)4-7-18(17)23/h2-7,12-13H,8-11H2,1H3. The molecular weight excluding hydrogens is 423 g/mol. The maximum absolute atomic E-state index is 12.7. The summed E-state index contributed by atoms with van der Waals surface area (Å²) in [6.45, 7) is 3.40. The van der Waals surface area contributed by atoms with Crippen molar-refractivity contribution in [3.63, 3.8) is 0 Å². The first kappa shape index (κ1) is 20.8. The maximum Gasteiger partial charge on any atom is 0.263 e. The molecule has 148 valence electrons. The van der Waals surface area contributed by atoms with Gasteiger partial charge in [-0.05, 0) is 49.4 Å². The molecule has 0 saturated carbocycles. The Bertz CT molecular complexity index is 865. The number of piperazine rings is 1. The molecule has 0 aromatic heterocycles. The van der Waals surface area contributed by atoms with Crippen molar-refractivity contribution >= 4 is 46.6 Å². The van der Waals surface area contributed by atoms with Gasteiger partial charge in [-0.25, -0.2) is 0 Å². The largest absolute Gasteiger partial charge is 0.481 e. The van der Waals surface area contributed by atoms with Crippen LogP contribution in [0.4, 0.5) is 0 Å². The Balaban J connectivity index is 1.56. The lowest BCUT2D eigenvalue weighted by atomic mass is 10.1. The van der Waals surface area contributed by atoms with E-state index in [-0.39, 0.29) is 11.8 Å². The predicted molar refractivity (Wildman–Crippen MR) is 110 cm³/mol. The molecule has 1 aliphatic rings. The lowest BCUT2D eigenvalue weighted by Crippen LogP contribution is -2.53. The Labute approximate surface area is 178 Å². The number of hydrogen-bond donors (Lipinski definition) is 0. The molecule has 0 N–H and O–H groups in total. The van der Waals surface area contributed by atoms with Gasteiger partial charge in [0.2, 0.25) is 0 Å². The summed E-state index contributed by atoms with van der Waals surface area (Å²) in [4.78, 5) is 28.7. The van der Waals surface area contributed by atoms with Crippen LogP contribution >= 0.6 is 34.8 Å². The minimum atomic E-state index is -0.634. The van der Waals surface area contributed by atoms with Crippen LogP contribution in [0, 0.1) is 0 Å². The molecular formula is C20H19Cl3N2O3. The monoisotopic (exact) mass is 440 g/mol. The van der Waals surface area contributed by atoms with Crippen molar-refractivity contribution in [1.82, 2.24) is 9.80 Å². The third-order valence-corrected chi connectivity index (χ3v) is 5.33. The minimum absolute atomic E-state index is 0.122. The minimum Gasteiger partial charge on any atom is -0.481 e. The van der Waals surface area contributed by atoms with Gasteiger partial charge in [0.1, 0.15) is 5.75 Å². The average Bonchev–Trinajstić information content (AvgIpc) is 2.70. The number of carbonyl (C=O) groups excluding carboxylic acids is 2. The van der Waals surface area contributed by atoms with Crippen molar-refractivity contribution in [3.05, 3.63) is 63.1 Å². The third kappa shape index (κ3) is 4.90. The molecule has 1 saturated heterocycles. The summed E-state index contributed by atoms with van der Waals surface area (Å²) >= 11 is 17.9. The Morgan fingerprint density at radius 3 is 2.11 bits per heavy atom. The number of ether oxygens (including phenoxy) is 1. The van der Waals surface area contributed by atoms with E-state index in [4.69, 9.17) is 39.5 Å². The van der Waals surface area contributed by atoms with Crippen molar-refractivity contribution in [2.24, 2.45) is 0 Å². The van der Waals surface area contributed by atoms with Gasteiger partial charge in [0, 0.05) is 36.2 Å². The number of amides is 2. The van der Waals surface area contributed by atoms with E-state index in [0.29, 0.717) is 52.6 Å². The lowest BCUT2D eigenvalue weighted by molar-refractivity contribution is -0.139. The Hall–Kier alpha value is -1.95. The van der Waals surface area contributed by atoms with Gasteiger partial charge in [-0.1, -0.05) is 34.8 Å². The van der Waals surface area contributed by atoms with E-state index >= 15 is 0 Å². The molecule has 2 aromatic carbocycles. The molecule has 1 fully saturated rings. The van der Waals surface area contributed by atoms with E-state index in [9.17, 15) is 9.59 Å². The van der Waals surface area contributed by atoms with Gasteiger partial charge in [0.05, 0.1) is 10.6 Å². The number of carbonyl (C=O) groups is 2. The maximum atomic E-state index is 12.7. The van der Waals surface area contributed by atoms with Crippen molar-refractivity contribution in [2.45, 2.75) is 13.0 Å². The SMILES string of the molecule is CC(Oc1ccc(Cl)cc1)C(=O)N1CCN(C(=O)c2cc(Cl)ccc2Cl)CC1. The molecule has 1 heterocycles. The van der Waals surface area contributed by atoms with Crippen molar-refractivity contribution < 1.29 is 14.3 Å². The molecule has 3 rings (SSSR count). The fraction of sp³-hybridized carbons (Fsp3) is 0.300. The number of benzene rings is 2. The molecule has 2 aromatic rings. The molecule has 0 spiro atoms. The predicted octanol–water partition coefficient (Wildman–Crippen LogP) is 4.40. The van der Waals surface area contributed by atoms with Crippen LogP contribution in [-0.2, 0) is 4.79 Å². The van der Waals surface area contributed by atoms with Crippen LogP contribution < -0.4 is 4.74 Å². The van der Waals surface area contributed by atoms with Crippen LogP contribution in [0.25, 0.3) is 0 Å². The summed E-state index contributed by atoms with van der Waals surface area (Å²) in [7, 11) is 0. The smallest absolute Gasteiger partial charge is 0.263 e. The summed E-state index contributed by atoms with van der Waals surface area (Å²) in [5, 5.41) is 1.42. The first-order valence-electron chi connectivity index (χ1n) is 8.80. The van der Waals surface area contributed by atoms with Gasteiger partial charge < -0.3 is 14.5 Å². The second-order valence-electron chi connectivity index (χ2n) is 6.46. The highest BCUT2D eigenvalue weighted by molar-refractivity contribution is 6.35. The van der Waals surface area contributed by atoms with Crippen molar-refractivity contribution in [3.8, 4) is 5.75 Å². The van der Waals surface area contributed by atoms with Crippen LogP contribution in [0.5, 0.6) is 5.75 Å². The Morgan fingerprint density at radius 1 is 0.893 bits per heavy atom. The van der Waals surface area contributed by atoms with Crippen LogP contribution in [0.2, 0.25) is 15.1 Å². The van der Waals surface area contributed by atoms with Gasteiger partial charge >= 0.3 is 0 Å². The Kier molecular flexibility index (Phi) is 6.70. The molecule has 28 heavy (non-hydrogen) atoms. The van der Waals surface area contributed by atoms with E-state index in [0.717, 1.165) is 0 Å². The number of rotatable bonds is 4. The number of nitrogens with zero attached hydrogens (tertiary/aromatic N) is 2. The fourth-order valence-corrected chi connectivity index (χ4v) is 3.48. The summed E-state index contributed by atoms with van der Waals surface area (Å²) < 4.78 is 5.69. The normalized spacial score (nSPS) is 15.3. The Morgan fingerprint density at radius 2 is 1.46 bits per heavy atom. The van der Waals surface area contributed by atoms with E-state index in [2.05, 4.69) is 0 Å². The summed E-state index contributed by atoms with van der Waals surface area (Å²) in [5.74, 6) is 0.266. The zero-order valence-electron chi connectivity index (χ0n) is 15.2. The van der Waals surface area contributed by atoms with E-state index in [1.165, 1.54) is 0 Å². The molecule has 1 aliphatic heterocycles. The van der Waals surface area contributed by atoms with Crippen LogP contribution in [0.1, 0.15) is 17.3 Å². The van der Waals surface area contributed by atoms with Crippen LogP contribution in [0.3, 0.4) is 0 Å².